The highest BCUT2D eigenvalue weighted by Gasteiger charge is 2.37. The maximum Gasteiger partial charge on any atom is 0.295 e. The van der Waals surface area contributed by atoms with Crippen LogP contribution in [-0.2, 0) is 10.1 Å². The summed E-state index contributed by atoms with van der Waals surface area (Å²) >= 11 is 0. The fourth-order valence-corrected chi connectivity index (χ4v) is 6.99. The van der Waals surface area contributed by atoms with Crippen LogP contribution in [0.5, 0.6) is 0 Å². The van der Waals surface area contributed by atoms with E-state index in [1.54, 1.807) is 12.1 Å². The second-order valence-electron chi connectivity index (χ2n) is 6.15. The largest absolute Gasteiger partial charge is 0.328 e. The van der Waals surface area contributed by atoms with E-state index in [0.29, 0.717) is 5.30 Å². The van der Waals surface area contributed by atoms with E-state index in [9.17, 15) is 13.0 Å². The summed E-state index contributed by atoms with van der Waals surface area (Å²) in [6.45, 7) is 1.54. The molecular formula is C20H19N2O3PS. The fraction of sp³-hybridized carbons (Fsp3) is 0.100. The Balaban J connectivity index is 1.88. The molecule has 0 amide bonds. The van der Waals surface area contributed by atoms with Crippen LogP contribution in [-0.4, -0.2) is 26.1 Å². The molecule has 0 radical (unpaired) electrons. The molecule has 0 aromatic heterocycles. The van der Waals surface area contributed by atoms with E-state index in [1.165, 1.54) is 6.07 Å². The van der Waals surface area contributed by atoms with Crippen LogP contribution in [0.15, 0.2) is 89.8 Å². The molecule has 1 heterocycles. The molecule has 3 aromatic rings. The first-order valence-electron chi connectivity index (χ1n) is 8.57. The molecular weight excluding hydrogens is 379 g/mol. The standard InChI is InChI=1S/C20H19N2O3PS/c23-27(24,25)20-14-8-7-13-19(20)26-21(17-9-3-1-4-10-17)15-16-22(26)18-11-5-2-6-12-18/h1-14H,15-16H2,(H,23,24,25). The monoisotopic (exact) mass is 398 g/mol. The molecule has 1 fully saturated rings. The SMILES string of the molecule is O=S(=O)(O)c1ccccc1P1N(c2ccccc2)CCN1c1ccccc1. The minimum atomic E-state index is -4.32. The Hall–Kier alpha value is -2.40. The Morgan fingerprint density at radius 2 is 1.15 bits per heavy atom. The molecule has 5 nitrogen and oxygen atoms in total. The van der Waals surface area contributed by atoms with Crippen molar-refractivity contribution < 1.29 is 13.0 Å². The van der Waals surface area contributed by atoms with Gasteiger partial charge in [-0.05, 0) is 36.4 Å². The van der Waals surface area contributed by atoms with Crippen LogP contribution in [0.3, 0.4) is 0 Å². The average Bonchev–Trinajstić information content (AvgIpc) is 3.14. The molecule has 0 spiro atoms. The Morgan fingerprint density at radius 3 is 1.63 bits per heavy atom. The van der Waals surface area contributed by atoms with Crippen LogP contribution in [0, 0.1) is 0 Å². The summed E-state index contributed by atoms with van der Waals surface area (Å²) < 4.78 is 38.3. The summed E-state index contributed by atoms with van der Waals surface area (Å²) in [5.74, 6) is 0. The van der Waals surface area contributed by atoms with Crippen molar-refractivity contribution in [1.29, 1.82) is 0 Å². The lowest BCUT2D eigenvalue weighted by Crippen LogP contribution is -2.26. The number of hydrogen-bond donors (Lipinski definition) is 1. The predicted molar refractivity (Wildman–Crippen MR) is 110 cm³/mol. The van der Waals surface area contributed by atoms with Gasteiger partial charge in [0.05, 0.1) is 0 Å². The molecule has 138 valence electrons. The van der Waals surface area contributed by atoms with E-state index < -0.39 is 18.3 Å². The van der Waals surface area contributed by atoms with Gasteiger partial charge in [0.15, 0.2) is 0 Å². The number of nitrogens with zero attached hydrogens (tertiary/aromatic N) is 2. The molecule has 1 N–H and O–H groups in total. The van der Waals surface area contributed by atoms with E-state index >= 15 is 0 Å². The first-order valence-corrected chi connectivity index (χ1v) is 11.3. The topological polar surface area (TPSA) is 60.9 Å². The van der Waals surface area contributed by atoms with E-state index in [1.807, 2.05) is 66.7 Å². The molecule has 27 heavy (non-hydrogen) atoms. The molecule has 1 aliphatic heterocycles. The van der Waals surface area contributed by atoms with Crippen LogP contribution in [0.25, 0.3) is 0 Å². The molecule has 0 aliphatic carbocycles. The summed E-state index contributed by atoms with van der Waals surface area (Å²) in [6, 6.07) is 26.7. The fourth-order valence-electron chi connectivity index (χ4n) is 3.29. The number of anilines is 2. The average molecular weight is 398 g/mol. The number of rotatable bonds is 4. The zero-order valence-electron chi connectivity index (χ0n) is 14.5. The van der Waals surface area contributed by atoms with E-state index in [0.717, 1.165) is 24.5 Å². The van der Waals surface area contributed by atoms with Crippen molar-refractivity contribution in [2.45, 2.75) is 4.90 Å². The van der Waals surface area contributed by atoms with Crippen molar-refractivity contribution in [3.8, 4) is 0 Å². The lowest BCUT2D eigenvalue weighted by Gasteiger charge is -2.33. The van der Waals surface area contributed by atoms with Crippen molar-refractivity contribution >= 4 is 35.0 Å². The van der Waals surface area contributed by atoms with Gasteiger partial charge in [-0.1, -0.05) is 48.5 Å². The smallest absolute Gasteiger partial charge is 0.295 e. The van der Waals surface area contributed by atoms with Crippen molar-refractivity contribution in [3.63, 3.8) is 0 Å². The molecule has 3 aromatic carbocycles. The minimum absolute atomic E-state index is 0.0279. The highest BCUT2D eigenvalue weighted by atomic mass is 32.2. The van der Waals surface area contributed by atoms with Crippen molar-refractivity contribution in [3.05, 3.63) is 84.9 Å². The second kappa shape index (κ2) is 7.31. The summed E-state index contributed by atoms with van der Waals surface area (Å²) in [5, 5.41) is 0.625. The molecule has 1 saturated heterocycles. The number of hydrogen-bond acceptors (Lipinski definition) is 4. The third-order valence-corrected chi connectivity index (χ3v) is 8.11. The van der Waals surface area contributed by atoms with Gasteiger partial charge in [-0.2, -0.15) is 8.42 Å². The van der Waals surface area contributed by atoms with E-state index in [2.05, 4.69) is 9.34 Å². The van der Waals surface area contributed by atoms with Crippen LogP contribution in [0.1, 0.15) is 0 Å². The van der Waals surface area contributed by atoms with Crippen LogP contribution >= 0.6 is 8.22 Å². The number of benzene rings is 3. The zero-order chi connectivity index (χ0) is 18.9. The quantitative estimate of drug-likeness (QED) is 0.534. The van der Waals surface area contributed by atoms with E-state index in [4.69, 9.17) is 0 Å². The molecule has 0 unspecified atom stereocenters. The maximum absolute atomic E-state index is 12.0. The van der Waals surface area contributed by atoms with Crippen molar-refractivity contribution in [2.24, 2.45) is 0 Å². The summed E-state index contributed by atoms with van der Waals surface area (Å²) in [6.07, 6.45) is 0. The Morgan fingerprint density at radius 1 is 0.704 bits per heavy atom. The van der Waals surface area contributed by atoms with Crippen LogP contribution in [0.2, 0.25) is 0 Å². The van der Waals surface area contributed by atoms with Gasteiger partial charge in [-0.25, -0.2) is 0 Å². The Bertz CT molecular complexity index is 982. The zero-order valence-corrected chi connectivity index (χ0v) is 16.2. The molecule has 4 rings (SSSR count). The van der Waals surface area contributed by atoms with Crippen molar-refractivity contribution in [1.82, 2.24) is 0 Å². The molecule has 7 heteroatoms. The lowest BCUT2D eigenvalue weighted by atomic mass is 10.3. The molecule has 1 aliphatic rings. The van der Waals surface area contributed by atoms with Gasteiger partial charge in [0.25, 0.3) is 10.1 Å². The second-order valence-corrected chi connectivity index (χ2v) is 9.57. The highest BCUT2D eigenvalue weighted by molar-refractivity contribution is 7.87. The predicted octanol–water partition coefficient (Wildman–Crippen LogP) is 3.90. The van der Waals surface area contributed by atoms with Gasteiger partial charge in [0.1, 0.15) is 13.1 Å². The summed E-state index contributed by atoms with van der Waals surface area (Å²) in [7, 11) is -5.50. The molecule has 0 bridgehead atoms. The Kier molecular flexibility index (Phi) is 4.87. The van der Waals surface area contributed by atoms with Gasteiger partial charge in [0.2, 0.25) is 0 Å². The third kappa shape index (κ3) is 3.56. The third-order valence-electron chi connectivity index (χ3n) is 4.45. The maximum atomic E-state index is 12.0. The first-order chi connectivity index (χ1) is 13.1. The molecule has 0 saturated carbocycles. The summed E-state index contributed by atoms with van der Waals surface area (Å²) in [4.78, 5) is -0.0279. The highest BCUT2D eigenvalue weighted by Crippen LogP contribution is 2.53. The van der Waals surface area contributed by atoms with Gasteiger partial charge < -0.3 is 9.34 Å². The van der Waals surface area contributed by atoms with Gasteiger partial charge in [-0.3, -0.25) is 4.55 Å². The first kappa shape index (κ1) is 18.0. The Labute approximate surface area is 160 Å². The van der Waals surface area contributed by atoms with Gasteiger partial charge in [0, 0.05) is 29.8 Å². The van der Waals surface area contributed by atoms with Crippen molar-refractivity contribution in [2.75, 3.05) is 22.4 Å². The van der Waals surface area contributed by atoms with Crippen LogP contribution in [0.4, 0.5) is 11.4 Å². The van der Waals surface area contributed by atoms with E-state index in [-0.39, 0.29) is 4.90 Å². The number of para-hydroxylation sites is 2. The summed E-state index contributed by atoms with van der Waals surface area (Å²) in [5.41, 5.74) is 2.07. The molecule has 0 atom stereocenters. The van der Waals surface area contributed by atoms with Gasteiger partial charge >= 0.3 is 0 Å². The minimum Gasteiger partial charge on any atom is -0.328 e. The lowest BCUT2D eigenvalue weighted by molar-refractivity contribution is 0.484. The normalized spacial score (nSPS) is 15.3. The van der Waals surface area contributed by atoms with Crippen LogP contribution < -0.4 is 14.6 Å². The van der Waals surface area contributed by atoms with Gasteiger partial charge in [-0.15, -0.1) is 0 Å².